The highest BCUT2D eigenvalue weighted by molar-refractivity contribution is 5.93. The Balaban J connectivity index is 1.41. The number of amides is 1. The van der Waals surface area contributed by atoms with Crippen molar-refractivity contribution in [1.29, 1.82) is 0 Å². The number of ether oxygens (including phenoxy) is 1. The van der Waals surface area contributed by atoms with Crippen molar-refractivity contribution in [2.45, 2.75) is 101 Å². The molecule has 2 heterocycles. The molecule has 196 valence electrons. The highest BCUT2D eigenvalue weighted by Crippen LogP contribution is 2.63. The highest BCUT2D eigenvalue weighted by Gasteiger charge is 2.69. The van der Waals surface area contributed by atoms with Gasteiger partial charge in [-0.25, -0.2) is 0 Å². The van der Waals surface area contributed by atoms with Crippen molar-refractivity contribution in [1.82, 2.24) is 9.80 Å². The third kappa shape index (κ3) is 3.34. The first kappa shape index (κ1) is 24.1. The molecule has 0 aromatic heterocycles. The topological polar surface area (TPSA) is 93.5 Å². The highest BCUT2D eigenvalue weighted by atomic mass is 16.5. The Hall–Kier alpha value is -2.25. The van der Waals surface area contributed by atoms with Gasteiger partial charge in [-0.15, -0.1) is 0 Å². The van der Waals surface area contributed by atoms with Crippen LogP contribution in [0.3, 0.4) is 0 Å². The van der Waals surface area contributed by atoms with Crippen LogP contribution in [0.25, 0.3) is 0 Å². The maximum Gasteiger partial charge on any atom is 0.253 e. The smallest absolute Gasteiger partial charge is 0.253 e. The van der Waals surface area contributed by atoms with Crippen molar-refractivity contribution in [3.8, 4) is 11.5 Å². The van der Waals surface area contributed by atoms with Crippen LogP contribution in [0.5, 0.6) is 11.5 Å². The van der Waals surface area contributed by atoms with Crippen LogP contribution in [0.4, 0.5) is 0 Å². The second kappa shape index (κ2) is 8.38. The SMILES string of the molecule is C/C(C(=O)N(C)C1CCCCC1)=C(/O)[C@@H]1Oc2c(O)ccc3c2[C@@]12CCN(CC1CC1)[C@H](C3)[C@@]2(C)O. The summed E-state index contributed by atoms with van der Waals surface area (Å²) >= 11 is 0. The minimum absolute atomic E-state index is 0.0152. The molecule has 3 aliphatic carbocycles. The monoisotopic (exact) mass is 496 g/mol. The summed E-state index contributed by atoms with van der Waals surface area (Å²) in [6, 6.07) is 3.65. The maximum absolute atomic E-state index is 13.5. The van der Waals surface area contributed by atoms with Crippen LogP contribution in [0, 0.1) is 5.92 Å². The van der Waals surface area contributed by atoms with E-state index in [1.54, 1.807) is 17.9 Å². The molecule has 1 aromatic carbocycles. The standard InChI is InChI=1S/C29H40N2O5/c1-17(27(34)30(3)20-7-5-4-6-8-20)24(33)26-29-13-14-31(16-18-9-10-18)22(28(29,2)35)15-19-11-12-21(32)25(36-26)23(19)29/h11-12,18,20,22,26,32-33,35H,4-10,13-16H2,1-3H3/b24-17-/t22-,26+,28-,29+/m1/s1. The molecule has 2 aliphatic heterocycles. The van der Waals surface area contributed by atoms with E-state index in [4.69, 9.17) is 4.74 Å². The van der Waals surface area contributed by atoms with E-state index >= 15 is 0 Å². The first-order valence-electron chi connectivity index (χ1n) is 13.8. The summed E-state index contributed by atoms with van der Waals surface area (Å²) in [5.74, 6) is 0.741. The van der Waals surface area contributed by atoms with Gasteiger partial charge in [-0.2, -0.15) is 0 Å². The van der Waals surface area contributed by atoms with E-state index in [0.717, 1.165) is 49.9 Å². The summed E-state index contributed by atoms with van der Waals surface area (Å²) in [6.45, 7) is 5.30. The molecule has 1 amide bonds. The van der Waals surface area contributed by atoms with Gasteiger partial charge in [-0.1, -0.05) is 25.3 Å². The van der Waals surface area contributed by atoms with Gasteiger partial charge >= 0.3 is 0 Å². The van der Waals surface area contributed by atoms with E-state index < -0.39 is 17.1 Å². The molecule has 7 nitrogen and oxygen atoms in total. The normalized spacial score (nSPS) is 34.6. The van der Waals surface area contributed by atoms with Crippen molar-refractivity contribution < 1.29 is 24.9 Å². The van der Waals surface area contributed by atoms with Gasteiger partial charge in [0.25, 0.3) is 5.91 Å². The van der Waals surface area contributed by atoms with E-state index in [9.17, 15) is 20.1 Å². The van der Waals surface area contributed by atoms with E-state index in [1.165, 1.54) is 19.3 Å². The zero-order valence-electron chi connectivity index (χ0n) is 21.8. The average Bonchev–Trinajstić information content (AvgIpc) is 3.61. The molecule has 1 saturated heterocycles. The summed E-state index contributed by atoms with van der Waals surface area (Å²) in [6.07, 6.45) is 8.22. The lowest BCUT2D eigenvalue weighted by atomic mass is 9.53. The number of hydrogen-bond acceptors (Lipinski definition) is 6. The lowest BCUT2D eigenvalue weighted by Gasteiger charge is -2.59. The number of likely N-dealkylation sites (tertiary alicyclic amines) is 1. The van der Waals surface area contributed by atoms with Gasteiger partial charge in [0.05, 0.1) is 16.6 Å². The fourth-order valence-electron chi connectivity index (χ4n) is 7.78. The van der Waals surface area contributed by atoms with Gasteiger partial charge in [-0.05, 0) is 76.5 Å². The molecule has 1 aromatic rings. The molecule has 4 atom stereocenters. The number of nitrogens with zero attached hydrogens (tertiary/aromatic N) is 2. The first-order chi connectivity index (χ1) is 17.2. The molecule has 3 fully saturated rings. The summed E-state index contributed by atoms with van der Waals surface area (Å²) in [7, 11) is 1.82. The minimum Gasteiger partial charge on any atom is -0.508 e. The Kier molecular flexibility index (Phi) is 5.61. The Morgan fingerprint density at radius 3 is 2.61 bits per heavy atom. The van der Waals surface area contributed by atoms with Crippen molar-refractivity contribution in [2.75, 3.05) is 20.1 Å². The second-order valence-electron chi connectivity index (χ2n) is 12.2. The maximum atomic E-state index is 13.5. The number of benzene rings is 1. The lowest BCUT2D eigenvalue weighted by molar-refractivity contribution is -0.153. The van der Waals surface area contributed by atoms with Crippen molar-refractivity contribution in [3.05, 3.63) is 34.6 Å². The summed E-state index contributed by atoms with van der Waals surface area (Å²) in [4.78, 5) is 17.7. The third-order valence-electron chi connectivity index (χ3n) is 10.1. The number of rotatable bonds is 5. The number of carbonyl (C=O) groups excluding carboxylic acids is 1. The number of hydrogen-bond donors (Lipinski definition) is 3. The van der Waals surface area contributed by atoms with Gasteiger partial charge in [0.1, 0.15) is 5.76 Å². The number of fused-ring (bicyclic) bond motifs is 1. The molecule has 7 heteroatoms. The van der Waals surface area contributed by atoms with Crippen LogP contribution in [0.2, 0.25) is 0 Å². The summed E-state index contributed by atoms with van der Waals surface area (Å²) in [5.41, 5.74) is -0.0157. The van der Waals surface area contributed by atoms with Crippen molar-refractivity contribution in [3.63, 3.8) is 0 Å². The van der Waals surface area contributed by atoms with E-state index in [0.29, 0.717) is 24.5 Å². The number of likely N-dealkylation sites (N-methyl/N-ethyl adjacent to an activating group) is 1. The Morgan fingerprint density at radius 1 is 1.19 bits per heavy atom. The predicted octanol–water partition coefficient (Wildman–Crippen LogP) is 3.81. The number of aliphatic hydroxyl groups excluding tert-OH is 1. The summed E-state index contributed by atoms with van der Waals surface area (Å²) in [5, 5.41) is 34.7. The van der Waals surface area contributed by atoms with Gasteiger partial charge in [0.2, 0.25) is 0 Å². The first-order valence-corrected chi connectivity index (χ1v) is 13.8. The molecule has 5 aliphatic rings. The predicted molar refractivity (Wildman–Crippen MR) is 136 cm³/mol. The number of phenols is 1. The van der Waals surface area contributed by atoms with Crippen molar-refractivity contribution >= 4 is 5.91 Å². The van der Waals surface area contributed by atoms with Gasteiger partial charge in [0.15, 0.2) is 17.6 Å². The molecule has 2 bridgehead atoms. The number of carbonyl (C=O) groups is 1. The van der Waals surface area contributed by atoms with Crippen LogP contribution < -0.4 is 4.74 Å². The molecule has 0 unspecified atom stereocenters. The number of phenolic OH excluding ortho intramolecular Hbond substituents is 1. The summed E-state index contributed by atoms with van der Waals surface area (Å²) < 4.78 is 6.35. The number of aromatic hydroxyl groups is 1. The van der Waals surface area contributed by atoms with E-state index in [-0.39, 0.29) is 35.1 Å². The molecule has 3 N–H and O–H groups in total. The van der Waals surface area contributed by atoms with Gasteiger partial charge < -0.3 is 25.0 Å². The number of aliphatic hydroxyl groups is 2. The van der Waals surface area contributed by atoms with Gasteiger partial charge in [-0.3, -0.25) is 9.69 Å². The fourth-order valence-corrected chi connectivity index (χ4v) is 7.78. The Labute approximate surface area is 213 Å². The third-order valence-corrected chi connectivity index (χ3v) is 10.1. The van der Waals surface area contributed by atoms with E-state index in [2.05, 4.69) is 4.90 Å². The van der Waals surface area contributed by atoms with Crippen LogP contribution in [-0.4, -0.2) is 75.0 Å². The molecule has 2 saturated carbocycles. The van der Waals surface area contributed by atoms with Crippen LogP contribution in [-0.2, 0) is 16.6 Å². The average molecular weight is 497 g/mol. The largest absolute Gasteiger partial charge is 0.508 e. The fraction of sp³-hybridized carbons (Fsp3) is 0.690. The zero-order valence-corrected chi connectivity index (χ0v) is 21.8. The second-order valence-corrected chi connectivity index (χ2v) is 12.2. The molecule has 36 heavy (non-hydrogen) atoms. The molecular formula is C29H40N2O5. The van der Waals surface area contributed by atoms with E-state index in [1.807, 2.05) is 20.0 Å². The number of piperidine rings is 1. The van der Waals surface area contributed by atoms with Crippen LogP contribution in [0.15, 0.2) is 23.5 Å². The molecular weight excluding hydrogens is 456 g/mol. The molecule has 6 rings (SSSR count). The molecule has 1 spiro atoms. The lowest BCUT2D eigenvalue weighted by Crippen LogP contribution is -2.73. The Bertz CT molecular complexity index is 1100. The van der Waals surface area contributed by atoms with Crippen LogP contribution in [0.1, 0.15) is 76.3 Å². The van der Waals surface area contributed by atoms with Crippen molar-refractivity contribution in [2.24, 2.45) is 5.92 Å². The zero-order chi connectivity index (χ0) is 25.4. The quantitative estimate of drug-likeness (QED) is 0.424. The Morgan fingerprint density at radius 2 is 1.92 bits per heavy atom. The van der Waals surface area contributed by atoms with Crippen LogP contribution >= 0.6 is 0 Å². The molecule has 0 radical (unpaired) electrons. The minimum atomic E-state index is -1.20. The van der Waals surface area contributed by atoms with Gasteiger partial charge in [0, 0.05) is 31.2 Å².